The smallest absolute Gasteiger partial charge is 0.395 e. The number of carboxylic acids is 1. The van der Waals surface area contributed by atoms with Crippen molar-refractivity contribution in [1.82, 2.24) is 9.97 Å². The molecule has 0 bridgehead atoms. The van der Waals surface area contributed by atoms with E-state index in [9.17, 15) is 18.4 Å². The quantitative estimate of drug-likeness (QED) is 0.600. The molecule has 0 fully saturated rings. The Kier molecular flexibility index (Phi) is 3.08. The fourth-order valence-corrected chi connectivity index (χ4v) is 1.24. The molecule has 0 spiro atoms. The number of hydrogen-bond acceptors (Lipinski definition) is 4. The molecule has 1 aromatic heterocycles. The van der Waals surface area contributed by atoms with Gasteiger partial charge in [-0.15, -0.1) is 0 Å². The number of aliphatic carboxylic acids is 1. The lowest BCUT2D eigenvalue weighted by Crippen LogP contribution is -2.25. The average molecular weight is 236 g/mol. The minimum absolute atomic E-state index is 0.262. The van der Waals surface area contributed by atoms with Crippen LogP contribution < -0.4 is 5.56 Å². The van der Waals surface area contributed by atoms with Crippen molar-refractivity contribution in [2.24, 2.45) is 0 Å². The number of alkyl halides is 2. The Balaban J connectivity index is 2.96. The van der Waals surface area contributed by atoms with Gasteiger partial charge in [0.2, 0.25) is 0 Å². The molecule has 1 rings (SSSR count). The number of carbonyl (C=O) groups is 1. The predicted octanol–water partition coefficient (Wildman–Crippen LogP) is 0.848. The van der Waals surface area contributed by atoms with Crippen LogP contribution in [0, 0.1) is 6.92 Å². The number of thioether (sulfide) groups is 1. The van der Waals surface area contributed by atoms with E-state index >= 15 is 0 Å². The fourth-order valence-electron chi connectivity index (χ4n) is 0.659. The van der Waals surface area contributed by atoms with Gasteiger partial charge in [0, 0.05) is 11.8 Å². The number of H-pyrrole nitrogens is 1. The van der Waals surface area contributed by atoms with E-state index < -0.39 is 21.9 Å². The largest absolute Gasteiger partial charge is 0.476 e. The third-order valence-electron chi connectivity index (χ3n) is 1.43. The van der Waals surface area contributed by atoms with Gasteiger partial charge < -0.3 is 10.1 Å². The highest BCUT2D eigenvalue weighted by Crippen LogP contribution is 2.33. The summed E-state index contributed by atoms with van der Waals surface area (Å²) in [5, 5.41) is 3.69. The third-order valence-corrected chi connectivity index (χ3v) is 2.26. The number of nitrogens with zero attached hydrogens (tertiary/aromatic N) is 1. The van der Waals surface area contributed by atoms with Crippen LogP contribution in [0.2, 0.25) is 0 Å². The number of halogens is 2. The van der Waals surface area contributed by atoms with Crippen molar-refractivity contribution < 1.29 is 18.7 Å². The van der Waals surface area contributed by atoms with E-state index in [0.29, 0.717) is 0 Å². The second-order valence-corrected chi connectivity index (χ2v) is 3.73. The van der Waals surface area contributed by atoms with Gasteiger partial charge in [0.05, 0.1) is 0 Å². The molecule has 2 N–H and O–H groups in total. The second kappa shape index (κ2) is 3.97. The van der Waals surface area contributed by atoms with Gasteiger partial charge in [0.15, 0.2) is 5.16 Å². The van der Waals surface area contributed by atoms with Crippen LogP contribution in [0.3, 0.4) is 0 Å². The summed E-state index contributed by atoms with van der Waals surface area (Å²) in [5.74, 6) is -2.28. The van der Waals surface area contributed by atoms with Crippen LogP contribution in [0.5, 0.6) is 0 Å². The molecule has 8 heteroatoms. The summed E-state index contributed by atoms with van der Waals surface area (Å²) < 4.78 is 25.3. The van der Waals surface area contributed by atoms with Crippen molar-refractivity contribution >= 4 is 17.7 Å². The Morgan fingerprint density at radius 1 is 1.67 bits per heavy atom. The van der Waals surface area contributed by atoms with Crippen LogP contribution in [-0.4, -0.2) is 26.3 Å². The summed E-state index contributed by atoms with van der Waals surface area (Å²) in [7, 11) is 0. The van der Waals surface area contributed by atoms with E-state index in [1.807, 2.05) is 4.98 Å². The van der Waals surface area contributed by atoms with Crippen LogP contribution in [0.4, 0.5) is 8.78 Å². The molecule has 0 aromatic carbocycles. The molecular formula is C7H6F2N2O3S. The second-order valence-electron chi connectivity index (χ2n) is 2.62. The van der Waals surface area contributed by atoms with E-state index in [1.54, 1.807) is 0 Å². The molecule has 0 aliphatic heterocycles. The summed E-state index contributed by atoms with van der Waals surface area (Å²) in [4.78, 5) is 26.6. The Bertz CT molecular complexity index is 446. The van der Waals surface area contributed by atoms with Gasteiger partial charge in [-0.25, -0.2) is 9.78 Å². The van der Waals surface area contributed by atoms with Crippen molar-refractivity contribution in [3.8, 4) is 0 Å². The topological polar surface area (TPSA) is 83.0 Å². The molecule has 0 atom stereocenters. The summed E-state index contributed by atoms with van der Waals surface area (Å²) in [5.41, 5.74) is -0.313. The monoisotopic (exact) mass is 236 g/mol. The number of aryl methyl sites for hydroxylation is 1. The molecule has 1 aromatic rings. The standard InChI is InChI=1S/C7H6F2N2O3S/c1-3-2-10-6(11-4(3)12)15-7(8,9)5(13)14/h2H,1H3,(H,13,14)(H,10,11,12). The molecule has 0 radical (unpaired) electrons. The van der Waals surface area contributed by atoms with Gasteiger partial charge in [-0.05, 0) is 18.7 Å². The van der Waals surface area contributed by atoms with Crippen LogP contribution in [0.25, 0.3) is 0 Å². The Hall–Kier alpha value is -1.44. The first-order chi connectivity index (χ1) is 6.83. The zero-order chi connectivity index (χ0) is 11.6. The molecule has 82 valence electrons. The van der Waals surface area contributed by atoms with Crippen molar-refractivity contribution in [3.63, 3.8) is 0 Å². The molecule has 5 nitrogen and oxygen atoms in total. The van der Waals surface area contributed by atoms with Gasteiger partial charge in [-0.2, -0.15) is 8.78 Å². The van der Waals surface area contributed by atoms with Crippen LogP contribution >= 0.6 is 11.8 Å². The minimum Gasteiger partial charge on any atom is -0.476 e. The van der Waals surface area contributed by atoms with Crippen LogP contribution in [0.15, 0.2) is 16.1 Å². The predicted molar refractivity (Wildman–Crippen MR) is 48.0 cm³/mol. The van der Waals surface area contributed by atoms with Crippen molar-refractivity contribution in [3.05, 3.63) is 22.1 Å². The zero-order valence-electron chi connectivity index (χ0n) is 7.45. The molecule has 1 heterocycles. The summed E-state index contributed by atoms with van der Waals surface area (Å²) in [6.45, 7) is 1.45. The molecule has 0 saturated carbocycles. The molecule has 15 heavy (non-hydrogen) atoms. The summed E-state index contributed by atoms with van der Waals surface area (Å²) in [6.07, 6.45) is 1.10. The number of rotatable bonds is 3. The van der Waals surface area contributed by atoms with Crippen molar-refractivity contribution in [2.75, 3.05) is 0 Å². The summed E-state index contributed by atoms with van der Waals surface area (Å²) >= 11 is -0.323. The van der Waals surface area contributed by atoms with Gasteiger partial charge in [0.1, 0.15) is 0 Å². The lowest BCUT2D eigenvalue weighted by Gasteiger charge is -2.08. The molecular weight excluding hydrogens is 230 g/mol. The fraction of sp³-hybridized carbons (Fsp3) is 0.286. The first-order valence-corrected chi connectivity index (χ1v) is 4.51. The maximum atomic E-state index is 12.7. The molecule has 0 amide bonds. The Morgan fingerprint density at radius 2 is 2.27 bits per heavy atom. The maximum absolute atomic E-state index is 12.7. The van der Waals surface area contributed by atoms with Crippen LogP contribution in [0.1, 0.15) is 5.56 Å². The number of carboxylic acid groups (broad SMARTS) is 1. The third kappa shape index (κ3) is 2.75. The first kappa shape index (κ1) is 11.6. The Labute approximate surface area is 86.5 Å². The lowest BCUT2D eigenvalue weighted by molar-refractivity contribution is -0.152. The normalized spacial score (nSPS) is 11.4. The first-order valence-electron chi connectivity index (χ1n) is 3.69. The van der Waals surface area contributed by atoms with Gasteiger partial charge in [-0.1, -0.05) is 0 Å². The minimum atomic E-state index is -4.01. The van der Waals surface area contributed by atoms with Crippen molar-refractivity contribution in [1.29, 1.82) is 0 Å². The zero-order valence-corrected chi connectivity index (χ0v) is 8.27. The van der Waals surface area contributed by atoms with Crippen LogP contribution in [-0.2, 0) is 4.79 Å². The van der Waals surface area contributed by atoms with E-state index in [1.165, 1.54) is 6.92 Å². The maximum Gasteiger partial charge on any atom is 0.395 e. The number of aromatic nitrogens is 2. The van der Waals surface area contributed by atoms with Gasteiger partial charge in [-0.3, -0.25) is 4.79 Å². The average Bonchev–Trinajstić information content (AvgIpc) is 2.10. The highest BCUT2D eigenvalue weighted by atomic mass is 32.2. The molecule has 0 unspecified atom stereocenters. The van der Waals surface area contributed by atoms with Gasteiger partial charge >= 0.3 is 11.2 Å². The summed E-state index contributed by atoms with van der Waals surface area (Å²) in [6, 6.07) is 0. The Morgan fingerprint density at radius 3 is 2.73 bits per heavy atom. The SMILES string of the molecule is Cc1cnc(SC(F)(F)C(=O)O)[nH]c1=O. The number of nitrogens with one attached hydrogen (secondary N) is 1. The highest BCUT2D eigenvalue weighted by Gasteiger charge is 2.41. The molecule has 0 saturated heterocycles. The molecule has 0 aliphatic carbocycles. The van der Waals surface area contributed by atoms with Crippen molar-refractivity contribution in [2.45, 2.75) is 17.3 Å². The van der Waals surface area contributed by atoms with E-state index in [4.69, 9.17) is 5.11 Å². The number of hydrogen-bond donors (Lipinski definition) is 2. The van der Waals surface area contributed by atoms with E-state index in [-0.39, 0.29) is 17.3 Å². The highest BCUT2D eigenvalue weighted by molar-refractivity contribution is 8.00. The number of aromatic amines is 1. The van der Waals surface area contributed by atoms with E-state index in [0.717, 1.165) is 6.20 Å². The van der Waals surface area contributed by atoms with E-state index in [2.05, 4.69) is 4.98 Å². The lowest BCUT2D eigenvalue weighted by atomic mass is 10.4. The van der Waals surface area contributed by atoms with Gasteiger partial charge in [0.25, 0.3) is 5.56 Å². The molecule has 0 aliphatic rings.